The Kier molecular flexibility index (Phi) is 5.84. The van der Waals surface area contributed by atoms with Crippen LogP contribution in [-0.4, -0.2) is 58.4 Å². The highest BCUT2D eigenvalue weighted by atomic mass is 32.1. The molecule has 6 nitrogen and oxygen atoms in total. The van der Waals surface area contributed by atoms with Crippen LogP contribution < -0.4 is 4.90 Å². The zero-order valence-electron chi connectivity index (χ0n) is 15.0. The van der Waals surface area contributed by atoms with Gasteiger partial charge in [0, 0.05) is 50.9 Å². The van der Waals surface area contributed by atoms with Gasteiger partial charge in [-0.05, 0) is 33.4 Å². The molecular weight excluding hydrogens is 320 g/mol. The average molecular weight is 349 g/mol. The maximum atomic E-state index is 4.67. The van der Waals surface area contributed by atoms with Gasteiger partial charge in [-0.3, -0.25) is 0 Å². The van der Waals surface area contributed by atoms with Crippen molar-refractivity contribution in [2.24, 2.45) is 0 Å². The summed E-state index contributed by atoms with van der Waals surface area (Å²) in [5, 5.41) is 11.0. The van der Waals surface area contributed by atoms with E-state index in [4.69, 9.17) is 0 Å². The van der Waals surface area contributed by atoms with Crippen molar-refractivity contribution in [1.29, 1.82) is 0 Å². The molecule has 2 aromatic rings. The third-order valence-corrected chi connectivity index (χ3v) is 5.56. The van der Waals surface area contributed by atoms with E-state index in [1.165, 1.54) is 18.7 Å². The van der Waals surface area contributed by atoms with Crippen molar-refractivity contribution in [2.45, 2.75) is 45.1 Å². The van der Waals surface area contributed by atoms with Crippen LogP contribution in [0.3, 0.4) is 0 Å². The molecule has 3 heterocycles. The molecule has 0 unspecified atom stereocenters. The average Bonchev–Trinajstić information content (AvgIpc) is 3.22. The van der Waals surface area contributed by atoms with Gasteiger partial charge in [-0.1, -0.05) is 18.3 Å². The molecule has 0 aliphatic carbocycles. The van der Waals surface area contributed by atoms with E-state index >= 15 is 0 Å². The van der Waals surface area contributed by atoms with Gasteiger partial charge in [-0.15, -0.1) is 10.2 Å². The number of hydrogen-bond donors (Lipinski definition) is 0. The first-order chi connectivity index (χ1) is 11.7. The normalized spacial score (nSPS) is 18.5. The molecule has 7 heteroatoms. The van der Waals surface area contributed by atoms with Crippen LogP contribution in [0.25, 0.3) is 0 Å². The Balaban J connectivity index is 1.68. The second-order valence-electron chi connectivity index (χ2n) is 6.80. The van der Waals surface area contributed by atoms with Crippen molar-refractivity contribution in [1.82, 2.24) is 24.6 Å². The maximum absolute atomic E-state index is 4.67. The fourth-order valence-electron chi connectivity index (χ4n) is 3.23. The predicted octanol–water partition coefficient (Wildman–Crippen LogP) is 2.63. The zero-order valence-corrected chi connectivity index (χ0v) is 15.8. The van der Waals surface area contributed by atoms with Crippen LogP contribution in [-0.2, 0) is 13.0 Å². The van der Waals surface area contributed by atoms with Crippen molar-refractivity contribution in [3.05, 3.63) is 23.2 Å². The molecule has 1 aliphatic rings. The quantitative estimate of drug-likeness (QED) is 0.770. The van der Waals surface area contributed by atoms with Crippen LogP contribution in [0.2, 0.25) is 0 Å². The van der Waals surface area contributed by atoms with E-state index in [0.29, 0.717) is 5.92 Å². The largest absolute Gasteiger partial charge is 0.346 e. The van der Waals surface area contributed by atoms with Crippen LogP contribution in [0, 0.1) is 0 Å². The van der Waals surface area contributed by atoms with Gasteiger partial charge in [0.1, 0.15) is 10.8 Å². The number of imidazole rings is 1. The molecule has 1 atom stereocenters. The molecule has 24 heavy (non-hydrogen) atoms. The minimum absolute atomic E-state index is 0.481. The van der Waals surface area contributed by atoms with Crippen LogP contribution in [0.15, 0.2) is 12.4 Å². The summed E-state index contributed by atoms with van der Waals surface area (Å²) in [5.41, 5.74) is 0. The fourth-order valence-corrected chi connectivity index (χ4v) is 4.20. The molecular formula is C17H28N6S. The standard InChI is InChI=1S/C17H28N6S/c1-4-6-15-19-20-17(24-15)23-9-5-7-14(13-23)16-18-8-10-22(16)12-11-21(2)3/h8,10,14H,4-7,9,11-13H2,1-3H3/t14-/m0/s1. The van der Waals surface area contributed by atoms with Crippen LogP contribution in [0.1, 0.15) is 42.9 Å². The highest BCUT2D eigenvalue weighted by molar-refractivity contribution is 7.15. The molecule has 0 bridgehead atoms. The topological polar surface area (TPSA) is 50.1 Å². The molecule has 2 aromatic heterocycles. The van der Waals surface area contributed by atoms with E-state index in [2.05, 4.69) is 56.8 Å². The monoisotopic (exact) mass is 348 g/mol. The Morgan fingerprint density at radius 1 is 1.33 bits per heavy atom. The summed E-state index contributed by atoms with van der Waals surface area (Å²) in [6.07, 6.45) is 8.60. The Bertz CT molecular complexity index is 635. The first kappa shape index (κ1) is 17.4. The molecule has 0 radical (unpaired) electrons. The molecule has 132 valence electrons. The fraction of sp³-hybridized carbons (Fsp3) is 0.706. The van der Waals surface area contributed by atoms with Crippen molar-refractivity contribution in [3.8, 4) is 0 Å². The highest BCUT2D eigenvalue weighted by Gasteiger charge is 2.26. The Morgan fingerprint density at radius 3 is 3.00 bits per heavy atom. The highest BCUT2D eigenvalue weighted by Crippen LogP contribution is 2.31. The lowest BCUT2D eigenvalue weighted by Gasteiger charge is -2.32. The smallest absolute Gasteiger partial charge is 0.208 e. The van der Waals surface area contributed by atoms with Crippen LogP contribution in [0.5, 0.6) is 0 Å². The Labute approximate surface area is 148 Å². The van der Waals surface area contributed by atoms with Gasteiger partial charge in [0.15, 0.2) is 0 Å². The first-order valence-corrected chi connectivity index (χ1v) is 9.72. The van der Waals surface area contributed by atoms with Crippen LogP contribution >= 0.6 is 11.3 Å². The summed E-state index contributed by atoms with van der Waals surface area (Å²) >= 11 is 1.75. The lowest BCUT2D eigenvalue weighted by molar-refractivity contribution is 0.373. The van der Waals surface area contributed by atoms with Gasteiger partial charge in [0.2, 0.25) is 5.13 Å². The minimum Gasteiger partial charge on any atom is -0.346 e. The lowest BCUT2D eigenvalue weighted by atomic mass is 9.97. The number of aromatic nitrogens is 4. The van der Waals surface area contributed by atoms with Gasteiger partial charge in [0.25, 0.3) is 0 Å². The minimum atomic E-state index is 0.481. The van der Waals surface area contributed by atoms with E-state index in [-0.39, 0.29) is 0 Å². The number of piperidine rings is 1. The Hall–Kier alpha value is -1.47. The first-order valence-electron chi connectivity index (χ1n) is 8.90. The second kappa shape index (κ2) is 8.07. The predicted molar refractivity (Wildman–Crippen MR) is 98.9 cm³/mol. The van der Waals surface area contributed by atoms with Crippen molar-refractivity contribution < 1.29 is 0 Å². The Morgan fingerprint density at radius 2 is 2.21 bits per heavy atom. The summed E-state index contributed by atoms with van der Waals surface area (Å²) in [4.78, 5) is 9.28. The SMILES string of the molecule is CCCc1nnc(N2CCC[C@H](c3nccn3CCN(C)C)C2)s1. The van der Waals surface area contributed by atoms with Crippen molar-refractivity contribution >= 4 is 16.5 Å². The van der Waals surface area contributed by atoms with Crippen LogP contribution in [0.4, 0.5) is 5.13 Å². The third kappa shape index (κ3) is 4.13. The molecule has 0 aromatic carbocycles. The van der Waals surface area contributed by atoms with Crippen molar-refractivity contribution in [2.75, 3.05) is 38.6 Å². The lowest BCUT2D eigenvalue weighted by Crippen LogP contribution is -2.35. The number of aryl methyl sites for hydroxylation is 1. The second-order valence-corrected chi connectivity index (χ2v) is 7.84. The number of nitrogens with zero attached hydrogens (tertiary/aromatic N) is 6. The van der Waals surface area contributed by atoms with Gasteiger partial charge in [-0.25, -0.2) is 4.98 Å². The van der Waals surface area contributed by atoms with Gasteiger partial charge < -0.3 is 14.4 Å². The van der Waals surface area contributed by atoms with Gasteiger partial charge in [-0.2, -0.15) is 0 Å². The molecule has 1 aliphatic heterocycles. The summed E-state index contributed by atoms with van der Waals surface area (Å²) < 4.78 is 2.32. The number of hydrogen-bond acceptors (Lipinski definition) is 6. The molecule has 3 rings (SSSR count). The summed E-state index contributed by atoms with van der Waals surface area (Å²) in [7, 11) is 4.23. The maximum Gasteiger partial charge on any atom is 0.208 e. The van der Waals surface area contributed by atoms with Gasteiger partial charge >= 0.3 is 0 Å². The molecule has 0 N–H and O–H groups in total. The van der Waals surface area contributed by atoms with E-state index < -0.39 is 0 Å². The molecule has 1 saturated heterocycles. The summed E-state index contributed by atoms with van der Waals surface area (Å²) in [5.74, 6) is 1.70. The van der Waals surface area contributed by atoms with E-state index in [0.717, 1.165) is 49.2 Å². The number of rotatable bonds is 7. The van der Waals surface area contributed by atoms with E-state index in [1.54, 1.807) is 11.3 Å². The third-order valence-electron chi connectivity index (χ3n) is 4.51. The molecule has 0 spiro atoms. The molecule has 1 fully saturated rings. The molecule has 0 amide bonds. The van der Waals surface area contributed by atoms with Crippen molar-refractivity contribution in [3.63, 3.8) is 0 Å². The number of anilines is 1. The summed E-state index contributed by atoms with van der Waals surface area (Å²) in [6.45, 7) is 6.30. The number of likely N-dealkylation sites (N-methyl/N-ethyl adjacent to an activating group) is 1. The zero-order chi connectivity index (χ0) is 16.9. The van der Waals surface area contributed by atoms with Gasteiger partial charge in [0.05, 0.1) is 0 Å². The molecule has 0 saturated carbocycles. The van der Waals surface area contributed by atoms with E-state index in [1.807, 2.05) is 6.20 Å². The van der Waals surface area contributed by atoms with E-state index in [9.17, 15) is 0 Å². The summed E-state index contributed by atoms with van der Waals surface area (Å²) in [6, 6.07) is 0.